The first-order valence-electron chi connectivity index (χ1n) is 13.9. The average Bonchev–Trinajstić information content (AvgIpc) is 3.66. The number of rotatable bonds is 10. The highest BCUT2D eigenvalue weighted by atomic mass is 16.5. The van der Waals surface area contributed by atoms with E-state index in [1.807, 2.05) is 10.6 Å². The molecule has 8 nitrogen and oxygen atoms in total. The van der Waals surface area contributed by atoms with E-state index in [0.717, 1.165) is 81.2 Å². The van der Waals surface area contributed by atoms with Crippen LogP contribution >= 0.6 is 0 Å². The SMILES string of the molecule is CCNC(CN1CCC(c2cccc(OCc3ccc4cc(C5CC5)nn4c3)n2)CC1)=NC[C@@H]1CCO1. The van der Waals surface area contributed by atoms with E-state index in [2.05, 4.69) is 53.7 Å². The molecule has 5 heterocycles. The Labute approximate surface area is 219 Å². The third-order valence-electron chi connectivity index (χ3n) is 7.71. The summed E-state index contributed by atoms with van der Waals surface area (Å²) in [6.45, 7) is 8.15. The second kappa shape index (κ2) is 11.2. The van der Waals surface area contributed by atoms with Crippen molar-refractivity contribution in [2.45, 2.75) is 63.6 Å². The molecule has 37 heavy (non-hydrogen) atoms. The van der Waals surface area contributed by atoms with Crippen molar-refractivity contribution in [1.29, 1.82) is 0 Å². The van der Waals surface area contributed by atoms with Crippen LogP contribution in [0.15, 0.2) is 47.6 Å². The van der Waals surface area contributed by atoms with Crippen molar-refractivity contribution in [2.75, 3.05) is 39.3 Å². The lowest BCUT2D eigenvalue weighted by Crippen LogP contribution is -2.42. The summed E-state index contributed by atoms with van der Waals surface area (Å²) in [6, 6.07) is 12.6. The number of hydrogen-bond acceptors (Lipinski definition) is 6. The number of pyridine rings is 2. The lowest BCUT2D eigenvalue weighted by molar-refractivity contribution is -0.0432. The van der Waals surface area contributed by atoms with Gasteiger partial charge in [0.2, 0.25) is 5.88 Å². The summed E-state index contributed by atoms with van der Waals surface area (Å²) in [5, 5.41) is 8.20. The molecule has 0 bridgehead atoms. The number of fused-ring (bicyclic) bond motifs is 1. The molecule has 1 atom stereocenters. The fourth-order valence-corrected chi connectivity index (χ4v) is 5.21. The number of amidine groups is 1. The van der Waals surface area contributed by atoms with E-state index in [1.165, 1.54) is 18.5 Å². The minimum Gasteiger partial charge on any atom is -0.473 e. The monoisotopic (exact) mass is 502 g/mol. The van der Waals surface area contributed by atoms with Gasteiger partial charge in [0.05, 0.1) is 30.4 Å². The predicted molar refractivity (Wildman–Crippen MR) is 144 cm³/mol. The van der Waals surface area contributed by atoms with E-state index in [9.17, 15) is 0 Å². The minimum atomic E-state index is 0.314. The number of ether oxygens (including phenoxy) is 2. The van der Waals surface area contributed by atoms with Gasteiger partial charge in [-0.3, -0.25) is 9.89 Å². The lowest BCUT2D eigenvalue weighted by Gasteiger charge is -2.32. The van der Waals surface area contributed by atoms with Gasteiger partial charge in [-0.05, 0) is 70.3 Å². The maximum absolute atomic E-state index is 6.10. The number of aromatic nitrogens is 3. The molecular weight excluding hydrogens is 464 g/mol. The number of hydrogen-bond donors (Lipinski definition) is 1. The van der Waals surface area contributed by atoms with E-state index in [-0.39, 0.29) is 0 Å². The minimum absolute atomic E-state index is 0.314. The summed E-state index contributed by atoms with van der Waals surface area (Å²) in [6.07, 6.45) is 8.25. The number of likely N-dealkylation sites (N-methyl/N-ethyl adjacent to an activating group) is 1. The maximum Gasteiger partial charge on any atom is 0.213 e. The second-order valence-corrected chi connectivity index (χ2v) is 10.6. The Kier molecular flexibility index (Phi) is 7.37. The van der Waals surface area contributed by atoms with Crippen LogP contribution in [-0.2, 0) is 11.3 Å². The van der Waals surface area contributed by atoms with Gasteiger partial charge in [0.15, 0.2) is 0 Å². The van der Waals surface area contributed by atoms with Crippen LogP contribution in [0.5, 0.6) is 5.88 Å². The van der Waals surface area contributed by atoms with Gasteiger partial charge in [-0.25, -0.2) is 9.50 Å². The summed E-state index contributed by atoms with van der Waals surface area (Å²) >= 11 is 0. The van der Waals surface area contributed by atoms with Crippen molar-refractivity contribution in [1.82, 2.24) is 24.8 Å². The summed E-state index contributed by atoms with van der Waals surface area (Å²) in [5.74, 6) is 2.90. The Bertz CT molecular complexity index is 1220. The van der Waals surface area contributed by atoms with Crippen LogP contribution in [0, 0.1) is 0 Å². The molecule has 1 N–H and O–H groups in total. The molecule has 196 valence electrons. The molecule has 1 saturated carbocycles. The first kappa shape index (κ1) is 24.4. The normalized spacial score (nSPS) is 21.2. The topological polar surface area (TPSA) is 76.3 Å². The van der Waals surface area contributed by atoms with E-state index >= 15 is 0 Å². The molecule has 0 aromatic carbocycles. The van der Waals surface area contributed by atoms with Gasteiger partial charge in [-0.15, -0.1) is 0 Å². The molecule has 2 aliphatic heterocycles. The number of aliphatic imine (C=N–C) groups is 1. The van der Waals surface area contributed by atoms with E-state index in [1.54, 1.807) is 0 Å². The van der Waals surface area contributed by atoms with Crippen LogP contribution in [0.1, 0.15) is 67.8 Å². The average molecular weight is 503 g/mol. The van der Waals surface area contributed by atoms with E-state index in [0.29, 0.717) is 30.4 Å². The smallest absolute Gasteiger partial charge is 0.213 e. The zero-order valence-electron chi connectivity index (χ0n) is 21.8. The highest BCUT2D eigenvalue weighted by Crippen LogP contribution is 2.39. The van der Waals surface area contributed by atoms with E-state index in [4.69, 9.17) is 24.5 Å². The summed E-state index contributed by atoms with van der Waals surface area (Å²) in [5.41, 5.74) is 4.59. The van der Waals surface area contributed by atoms with E-state index < -0.39 is 0 Å². The summed E-state index contributed by atoms with van der Waals surface area (Å²) in [7, 11) is 0. The Morgan fingerprint density at radius 1 is 1.08 bits per heavy atom. The van der Waals surface area contributed by atoms with Crippen LogP contribution in [0.2, 0.25) is 0 Å². The van der Waals surface area contributed by atoms with Gasteiger partial charge in [-0.1, -0.05) is 12.1 Å². The molecule has 2 saturated heterocycles. The quantitative estimate of drug-likeness (QED) is 0.331. The zero-order valence-corrected chi connectivity index (χ0v) is 21.8. The molecule has 3 aromatic heterocycles. The Morgan fingerprint density at radius 3 is 2.68 bits per heavy atom. The van der Waals surface area contributed by atoms with Gasteiger partial charge in [0, 0.05) is 48.5 Å². The first-order chi connectivity index (χ1) is 18.2. The molecule has 3 fully saturated rings. The van der Waals surface area contributed by atoms with Gasteiger partial charge in [0.25, 0.3) is 0 Å². The molecule has 8 heteroatoms. The Hall–Kier alpha value is -2.97. The van der Waals surface area contributed by atoms with Gasteiger partial charge in [0.1, 0.15) is 12.4 Å². The Morgan fingerprint density at radius 2 is 1.92 bits per heavy atom. The van der Waals surface area contributed by atoms with Crippen molar-refractivity contribution in [3.05, 3.63) is 59.5 Å². The van der Waals surface area contributed by atoms with Crippen molar-refractivity contribution in [3.63, 3.8) is 0 Å². The van der Waals surface area contributed by atoms with Crippen LogP contribution in [0.4, 0.5) is 0 Å². The number of piperidine rings is 1. The molecule has 1 aliphatic carbocycles. The predicted octanol–water partition coefficient (Wildman–Crippen LogP) is 4.16. The van der Waals surface area contributed by atoms with Crippen LogP contribution in [-0.4, -0.2) is 70.8 Å². The van der Waals surface area contributed by atoms with Crippen LogP contribution in [0.25, 0.3) is 5.52 Å². The van der Waals surface area contributed by atoms with Gasteiger partial charge < -0.3 is 14.8 Å². The van der Waals surface area contributed by atoms with Crippen molar-refractivity contribution >= 4 is 11.4 Å². The molecule has 0 unspecified atom stereocenters. The van der Waals surface area contributed by atoms with Crippen LogP contribution in [0.3, 0.4) is 0 Å². The van der Waals surface area contributed by atoms with Crippen molar-refractivity contribution in [3.8, 4) is 5.88 Å². The van der Waals surface area contributed by atoms with Crippen molar-refractivity contribution in [2.24, 2.45) is 4.99 Å². The lowest BCUT2D eigenvalue weighted by atomic mass is 9.93. The summed E-state index contributed by atoms with van der Waals surface area (Å²) < 4.78 is 13.6. The molecular formula is C29H38N6O2. The zero-order chi connectivity index (χ0) is 25.0. The highest BCUT2D eigenvalue weighted by molar-refractivity contribution is 5.84. The maximum atomic E-state index is 6.10. The molecule has 3 aliphatic rings. The fraction of sp³-hybridized carbons (Fsp3) is 0.552. The number of nitrogens with zero attached hydrogens (tertiary/aromatic N) is 5. The standard InChI is InChI=1S/C29H38N6O2/c1-2-30-28(31-17-25-12-15-36-25)19-34-13-10-23(11-14-34)26-4-3-5-29(32-26)37-20-21-6-9-24-16-27(22-7-8-22)33-35(24)18-21/h3-6,9,16,18,22-23,25H,2,7-8,10-15,17,19-20H2,1H3,(H,30,31)/t25-/m0/s1. The largest absolute Gasteiger partial charge is 0.473 e. The third-order valence-corrected chi connectivity index (χ3v) is 7.71. The Balaban J connectivity index is 1.01. The molecule has 0 radical (unpaired) electrons. The van der Waals surface area contributed by atoms with Crippen molar-refractivity contribution < 1.29 is 9.47 Å². The number of likely N-dealkylation sites (tertiary alicyclic amines) is 1. The highest BCUT2D eigenvalue weighted by Gasteiger charge is 2.26. The molecule has 0 amide bonds. The molecule has 6 rings (SSSR count). The third kappa shape index (κ3) is 6.13. The van der Waals surface area contributed by atoms with Gasteiger partial charge in [-0.2, -0.15) is 5.10 Å². The number of nitrogens with one attached hydrogen (secondary N) is 1. The first-order valence-corrected chi connectivity index (χ1v) is 13.9. The molecule has 0 spiro atoms. The summed E-state index contributed by atoms with van der Waals surface area (Å²) in [4.78, 5) is 12.2. The van der Waals surface area contributed by atoms with Crippen LogP contribution < -0.4 is 10.1 Å². The second-order valence-electron chi connectivity index (χ2n) is 10.6. The molecule has 3 aromatic rings. The van der Waals surface area contributed by atoms with Gasteiger partial charge >= 0.3 is 0 Å². The fourth-order valence-electron chi connectivity index (χ4n) is 5.21.